The molecule has 0 fully saturated rings. The zero-order valence-electron chi connectivity index (χ0n) is 10.8. The second-order valence-corrected chi connectivity index (χ2v) is 4.39. The predicted octanol–water partition coefficient (Wildman–Crippen LogP) is 1.33. The van der Waals surface area contributed by atoms with Crippen LogP contribution in [0.4, 0.5) is 5.69 Å². The molecule has 6 heteroatoms. The highest BCUT2D eigenvalue weighted by Crippen LogP contribution is 2.16. The van der Waals surface area contributed by atoms with Crippen LogP contribution in [-0.4, -0.2) is 26.7 Å². The number of amides is 1. The molecular weight excluding hydrogens is 242 g/mol. The molecule has 3 N–H and O–H groups in total. The van der Waals surface area contributed by atoms with Crippen molar-refractivity contribution in [3.8, 4) is 5.82 Å². The maximum atomic E-state index is 11.8. The van der Waals surface area contributed by atoms with Gasteiger partial charge in [0, 0.05) is 31.1 Å². The van der Waals surface area contributed by atoms with Crippen molar-refractivity contribution in [1.82, 2.24) is 14.8 Å². The number of rotatable bonds is 5. The molecule has 100 valence electrons. The summed E-state index contributed by atoms with van der Waals surface area (Å²) < 4.78 is 1.61. The van der Waals surface area contributed by atoms with Crippen molar-refractivity contribution in [2.75, 3.05) is 5.32 Å². The largest absolute Gasteiger partial charge is 0.328 e. The molecule has 2 aromatic rings. The maximum Gasteiger partial charge on any atom is 0.224 e. The van der Waals surface area contributed by atoms with E-state index in [1.54, 1.807) is 41.5 Å². The van der Waals surface area contributed by atoms with Crippen molar-refractivity contribution in [1.29, 1.82) is 0 Å². The molecule has 6 nitrogen and oxygen atoms in total. The fourth-order valence-corrected chi connectivity index (χ4v) is 1.64. The Bertz CT molecular complexity index is 536. The Labute approximate surface area is 111 Å². The molecule has 0 aliphatic heterocycles. The number of nitrogens with one attached hydrogen (secondary N) is 1. The van der Waals surface area contributed by atoms with E-state index in [0.717, 1.165) is 0 Å². The number of hydrogen-bond acceptors (Lipinski definition) is 4. The molecular formula is C13H17N5O. The van der Waals surface area contributed by atoms with Crippen molar-refractivity contribution in [2.45, 2.75) is 25.8 Å². The Balaban J connectivity index is 2.10. The molecule has 2 aromatic heterocycles. The molecule has 1 amide bonds. The number of carbonyl (C=O) groups excluding carboxylic acids is 1. The van der Waals surface area contributed by atoms with Gasteiger partial charge >= 0.3 is 0 Å². The Morgan fingerprint density at radius 3 is 3.00 bits per heavy atom. The smallest absolute Gasteiger partial charge is 0.224 e. The first-order valence-corrected chi connectivity index (χ1v) is 6.17. The Morgan fingerprint density at radius 1 is 1.47 bits per heavy atom. The van der Waals surface area contributed by atoms with Crippen molar-refractivity contribution in [2.24, 2.45) is 5.73 Å². The van der Waals surface area contributed by atoms with Crippen LogP contribution in [0.3, 0.4) is 0 Å². The molecule has 0 bridgehead atoms. The van der Waals surface area contributed by atoms with Crippen LogP contribution in [0.5, 0.6) is 0 Å². The Morgan fingerprint density at radius 2 is 2.32 bits per heavy atom. The molecule has 0 saturated heterocycles. The zero-order chi connectivity index (χ0) is 13.7. The van der Waals surface area contributed by atoms with Gasteiger partial charge in [-0.25, -0.2) is 9.67 Å². The average Bonchev–Trinajstić information content (AvgIpc) is 2.91. The van der Waals surface area contributed by atoms with E-state index < -0.39 is 0 Å². The summed E-state index contributed by atoms with van der Waals surface area (Å²) in [6.07, 6.45) is 6.15. The van der Waals surface area contributed by atoms with E-state index in [2.05, 4.69) is 15.4 Å². The fraction of sp³-hybridized carbons (Fsp3) is 0.308. The van der Waals surface area contributed by atoms with Crippen LogP contribution in [0, 0.1) is 0 Å². The first kappa shape index (κ1) is 13.2. The van der Waals surface area contributed by atoms with Gasteiger partial charge < -0.3 is 11.1 Å². The van der Waals surface area contributed by atoms with Crippen LogP contribution in [0.1, 0.15) is 19.8 Å². The molecule has 1 atom stereocenters. The Kier molecular flexibility index (Phi) is 4.25. The SMILES string of the molecule is CC(N)CCC(=O)Nc1cccnc1-n1cccn1. The normalized spacial score (nSPS) is 12.1. The van der Waals surface area contributed by atoms with Crippen LogP contribution < -0.4 is 11.1 Å². The molecule has 0 saturated carbocycles. The second-order valence-electron chi connectivity index (χ2n) is 4.39. The molecule has 2 rings (SSSR count). The van der Waals surface area contributed by atoms with E-state index >= 15 is 0 Å². The summed E-state index contributed by atoms with van der Waals surface area (Å²) in [5.74, 6) is 0.528. The minimum atomic E-state index is -0.0706. The van der Waals surface area contributed by atoms with Crippen LogP contribution in [-0.2, 0) is 4.79 Å². The molecule has 19 heavy (non-hydrogen) atoms. The number of nitrogens with two attached hydrogens (primary N) is 1. The van der Waals surface area contributed by atoms with Gasteiger partial charge in [0.1, 0.15) is 0 Å². The molecule has 0 aromatic carbocycles. The van der Waals surface area contributed by atoms with E-state index in [1.807, 2.05) is 6.92 Å². The van der Waals surface area contributed by atoms with Gasteiger partial charge in [0.2, 0.25) is 5.91 Å². The van der Waals surface area contributed by atoms with Gasteiger partial charge in [-0.05, 0) is 31.5 Å². The topological polar surface area (TPSA) is 85.8 Å². The van der Waals surface area contributed by atoms with Crippen molar-refractivity contribution >= 4 is 11.6 Å². The third-order valence-corrected chi connectivity index (χ3v) is 2.61. The van der Waals surface area contributed by atoms with Crippen LogP contribution in [0.15, 0.2) is 36.8 Å². The van der Waals surface area contributed by atoms with E-state index in [4.69, 9.17) is 5.73 Å². The molecule has 0 aliphatic rings. The van der Waals surface area contributed by atoms with Gasteiger partial charge in [-0.3, -0.25) is 4.79 Å². The second kappa shape index (κ2) is 6.10. The van der Waals surface area contributed by atoms with Gasteiger partial charge in [0.15, 0.2) is 5.82 Å². The van der Waals surface area contributed by atoms with Crippen LogP contribution in [0.25, 0.3) is 5.82 Å². The van der Waals surface area contributed by atoms with Crippen LogP contribution >= 0.6 is 0 Å². The predicted molar refractivity (Wildman–Crippen MR) is 72.9 cm³/mol. The number of nitrogens with zero attached hydrogens (tertiary/aromatic N) is 3. The van der Waals surface area contributed by atoms with Gasteiger partial charge in [-0.15, -0.1) is 0 Å². The summed E-state index contributed by atoms with van der Waals surface area (Å²) in [5, 5.41) is 6.95. The third kappa shape index (κ3) is 3.62. The first-order chi connectivity index (χ1) is 9.16. The van der Waals surface area contributed by atoms with E-state index in [-0.39, 0.29) is 11.9 Å². The lowest BCUT2D eigenvalue weighted by molar-refractivity contribution is -0.116. The lowest BCUT2D eigenvalue weighted by Crippen LogP contribution is -2.20. The summed E-state index contributed by atoms with van der Waals surface area (Å²) in [6, 6.07) is 5.39. The number of hydrogen-bond donors (Lipinski definition) is 2. The molecule has 1 unspecified atom stereocenters. The van der Waals surface area contributed by atoms with Gasteiger partial charge in [0.25, 0.3) is 0 Å². The first-order valence-electron chi connectivity index (χ1n) is 6.17. The van der Waals surface area contributed by atoms with Crippen molar-refractivity contribution in [3.63, 3.8) is 0 Å². The summed E-state index contributed by atoms with van der Waals surface area (Å²) in [4.78, 5) is 16.0. The fourth-order valence-electron chi connectivity index (χ4n) is 1.64. The van der Waals surface area contributed by atoms with Gasteiger partial charge in [-0.1, -0.05) is 0 Å². The van der Waals surface area contributed by atoms with E-state index in [1.165, 1.54) is 0 Å². The number of anilines is 1. The van der Waals surface area contributed by atoms with Gasteiger partial charge in [-0.2, -0.15) is 5.10 Å². The minimum absolute atomic E-state index is 0.0187. The van der Waals surface area contributed by atoms with Gasteiger partial charge in [0.05, 0.1) is 5.69 Å². The summed E-state index contributed by atoms with van der Waals surface area (Å²) in [5.41, 5.74) is 6.27. The molecule has 0 radical (unpaired) electrons. The quantitative estimate of drug-likeness (QED) is 0.848. The van der Waals surface area contributed by atoms with E-state index in [0.29, 0.717) is 24.3 Å². The maximum absolute atomic E-state index is 11.8. The number of pyridine rings is 1. The standard InChI is InChI=1S/C13H17N5O/c1-10(14)5-6-12(19)17-11-4-2-7-15-13(11)18-9-3-8-16-18/h2-4,7-10H,5-6,14H2,1H3,(H,17,19). The monoisotopic (exact) mass is 259 g/mol. The molecule has 0 aliphatic carbocycles. The average molecular weight is 259 g/mol. The molecule has 2 heterocycles. The van der Waals surface area contributed by atoms with Crippen LogP contribution in [0.2, 0.25) is 0 Å². The Hall–Kier alpha value is -2.21. The lowest BCUT2D eigenvalue weighted by Gasteiger charge is -2.10. The summed E-state index contributed by atoms with van der Waals surface area (Å²) >= 11 is 0. The summed E-state index contributed by atoms with van der Waals surface area (Å²) in [6.45, 7) is 1.88. The third-order valence-electron chi connectivity index (χ3n) is 2.61. The highest BCUT2D eigenvalue weighted by molar-refractivity contribution is 5.92. The minimum Gasteiger partial charge on any atom is -0.328 e. The highest BCUT2D eigenvalue weighted by Gasteiger charge is 2.09. The summed E-state index contributed by atoms with van der Waals surface area (Å²) in [7, 11) is 0. The van der Waals surface area contributed by atoms with E-state index in [9.17, 15) is 4.79 Å². The van der Waals surface area contributed by atoms with Crippen molar-refractivity contribution < 1.29 is 4.79 Å². The van der Waals surface area contributed by atoms with Crippen molar-refractivity contribution in [3.05, 3.63) is 36.8 Å². The lowest BCUT2D eigenvalue weighted by atomic mass is 10.2. The number of carbonyl (C=O) groups is 1. The highest BCUT2D eigenvalue weighted by atomic mass is 16.1. The molecule has 0 spiro atoms. The zero-order valence-corrected chi connectivity index (χ0v) is 10.8. The number of aromatic nitrogens is 3.